The maximum atomic E-state index is 13.5. The van der Waals surface area contributed by atoms with Crippen molar-refractivity contribution >= 4 is 28.8 Å². The van der Waals surface area contributed by atoms with Gasteiger partial charge in [-0.3, -0.25) is 14.5 Å². The van der Waals surface area contributed by atoms with Gasteiger partial charge in [-0.2, -0.15) is 0 Å². The van der Waals surface area contributed by atoms with Crippen molar-refractivity contribution < 1.29 is 29.3 Å². The number of aromatic hydroxyl groups is 1. The summed E-state index contributed by atoms with van der Waals surface area (Å²) >= 11 is 0. The molecule has 4 rings (SSSR count). The normalized spacial score (nSPS) is 16.6. The van der Waals surface area contributed by atoms with Crippen molar-refractivity contribution in [1.82, 2.24) is 0 Å². The van der Waals surface area contributed by atoms with Gasteiger partial charge in [0.1, 0.15) is 23.0 Å². The van der Waals surface area contributed by atoms with Crippen molar-refractivity contribution in [3.8, 4) is 17.2 Å². The zero-order valence-corrected chi connectivity index (χ0v) is 22.2. The van der Waals surface area contributed by atoms with E-state index in [1.54, 1.807) is 30.3 Å². The third-order valence-corrected chi connectivity index (χ3v) is 6.84. The number of amides is 1. The molecule has 1 unspecified atom stereocenters. The highest BCUT2D eigenvalue weighted by molar-refractivity contribution is 6.52. The summed E-state index contributed by atoms with van der Waals surface area (Å²) in [6.45, 7) is 7.60. The molecule has 1 aliphatic rings. The number of aliphatic hydroxyl groups is 1. The summed E-state index contributed by atoms with van der Waals surface area (Å²) in [5.74, 6) is -1.45. The fourth-order valence-corrected chi connectivity index (χ4v) is 4.82. The fourth-order valence-electron chi connectivity index (χ4n) is 4.82. The van der Waals surface area contributed by atoms with Gasteiger partial charge < -0.3 is 24.6 Å². The number of methoxy groups -OCH3 is 2. The van der Waals surface area contributed by atoms with Gasteiger partial charge in [-0.1, -0.05) is 18.2 Å². The topological polar surface area (TPSA) is 99.5 Å². The Bertz CT molecular complexity index is 1390. The minimum absolute atomic E-state index is 0.102. The molecular weight excluding hydrogens is 484 g/mol. The molecule has 0 aromatic heterocycles. The van der Waals surface area contributed by atoms with Gasteiger partial charge in [0.25, 0.3) is 11.7 Å². The molecule has 1 fully saturated rings. The van der Waals surface area contributed by atoms with Crippen molar-refractivity contribution in [3.05, 3.63) is 82.9 Å². The number of nitrogens with zero attached hydrogens (tertiary/aromatic N) is 2. The summed E-state index contributed by atoms with van der Waals surface area (Å²) in [7, 11) is 2.95. The van der Waals surface area contributed by atoms with E-state index < -0.39 is 17.7 Å². The molecule has 1 saturated heterocycles. The smallest absolute Gasteiger partial charge is 0.300 e. The summed E-state index contributed by atoms with van der Waals surface area (Å²) in [6, 6.07) is 16.2. The predicted molar refractivity (Wildman–Crippen MR) is 147 cm³/mol. The molecule has 1 atom stereocenters. The average molecular weight is 517 g/mol. The number of ether oxygens (including phenoxy) is 2. The van der Waals surface area contributed by atoms with Crippen LogP contribution in [0, 0.1) is 6.92 Å². The van der Waals surface area contributed by atoms with Crippen molar-refractivity contribution in [3.63, 3.8) is 0 Å². The number of aliphatic hydroxyl groups excluding tert-OH is 1. The first-order chi connectivity index (χ1) is 18.2. The van der Waals surface area contributed by atoms with Crippen LogP contribution in [0.4, 0.5) is 11.4 Å². The van der Waals surface area contributed by atoms with Crippen LogP contribution in [0.1, 0.15) is 36.6 Å². The molecule has 2 N–H and O–H groups in total. The number of anilines is 2. The summed E-state index contributed by atoms with van der Waals surface area (Å²) in [4.78, 5) is 30.4. The van der Waals surface area contributed by atoms with Crippen LogP contribution in [-0.4, -0.2) is 49.2 Å². The van der Waals surface area contributed by atoms with Gasteiger partial charge in [0.05, 0.1) is 37.1 Å². The average Bonchev–Trinajstić information content (AvgIpc) is 3.20. The molecule has 1 aliphatic heterocycles. The fraction of sp³-hybridized carbons (Fsp3) is 0.267. The number of Topliss-reactive ketones (excluding diaryl/α,β-unsaturated/α-hetero) is 1. The molecule has 1 amide bonds. The van der Waals surface area contributed by atoms with Gasteiger partial charge in [-0.05, 0) is 68.3 Å². The van der Waals surface area contributed by atoms with Crippen molar-refractivity contribution in [2.75, 3.05) is 37.1 Å². The molecule has 8 nitrogen and oxygen atoms in total. The van der Waals surface area contributed by atoms with E-state index in [0.717, 1.165) is 24.3 Å². The number of hydrogen-bond donors (Lipinski definition) is 2. The maximum absolute atomic E-state index is 13.5. The number of carbonyl (C=O) groups excluding carboxylic acids is 2. The van der Waals surface area contributed by atoms with E-state index in [9.17, 15) is 19.8 Å². The second-order valence-electron chi connectivity index (χ2n) is 8.99. The summed E-state index contributed by atoms with van der Waals surface area (Å²) in [6.07, 6.45) is 0. The number of carbonyl (C=O) groups is 2. The third kappa shape index (κ3) is 4.65. The predicted octanol–water partition coefficient (Wildman–Crippen LogP) is 5.19. The molecule has 38 heavy (non-hydrogen) atoms. The molecule has 0 aliphatic carbocycles. The van der Waals surface area contributed by atoms with Crippen LogP contribution < -0.4 is 19.3 Å². The number of aryl methyl sites for hydroxylation is 1. The van der Waals surface area contributed by atoms with Crippen molar-refractivity contribution in [2.24, 2.45) is 0 Å². The van der Waals surface area contributed by atoms with Gasteiger partial charge in [0.2, 0.25) is 0 Å². The Morgan fingerprint density at radius 1 is 0.947 bits per heavy atom. The number of ketones is 1. The molecule has 198 valence electrons. The van der Waals surface area contributed by atoms with E-state index in [1.807, 2.05) is 31.2 Å². The summed E-state index contributed by atoms with van der Waals surface area (Å²) < 4.78 is 10.7. The molecule has 3 aromatic rings. The van der Waals surface area contributed by atoms with E-state index in [-0.39, 0.29) is 34.1 Å². The van der Waals surface area contributed by atoms with E-state index in [2.05, 4.69) is 18.7 Å². The van der Waals surface area contributed by atoms with E-state index >= 15 is 0 Å². The number of phenols is 1. The molecule has 0 bridgehead atoms. The van der Waals surface area contributed by atoms with Crippen LogP contribution in [0.3, 0.4) is 0 Å². The molecular formula is C30H32N2O6. The van der Waals surface area contributed by atoms with Gasteiger partial charge in [0.15, 0.2) is 0 Å². The molecule has 1 heterocycles. The lowest BCUT2D eigenvalue weighted by Crippen LogP contribution is -2.29. The van der Waals surface area contributed by atoms with Crippen LogP contribution >= 0.6 is 0 Å². The maximum Gasteiger partial charge on any atom is 0.300 e. The molecule has 8 heteroatoms. The van der Waals surface area contributed by atoms with Crippen LogP contribution in [0.2, 0.25) is 0 Å². The zero-order valence-electron chi connectivity index (χ0n) is 22.2. The largest absolute Gasteiger partial charge is 0.507 e. The lowest BCUT2D eigenvalue weighted by Gasteiger charge is -2.27. The summed E-state index contributed by atoms with van der Waals surface area (Å²) in [5, 5.41) is 22.2. The lowest BCUT2D eigenvalue weighted by atomic mass is 9.94. The van der Waals surface area contributed by atoms with Gasteiger partial charge in [-0.15, -0.1) is 0 Å². The molecule has 0 spiro atoms. The van der Waals surface area contributed by atoms with Crippen LogP contribution in [0.25, 0.3) is 5.76 Å². The Kier molecular flexibility index (Phi) is 7.62. The van der Waals surface area contributed by atoms with Crippen LogP contribution in [0.15, 0.2) is 66.2 Å². The minimum Gasteiger partial charge on any atom is -0.507 e. The van der Waals surface area contributed by atoms with E-state index in [1.165, 1.54) is 25.2 Å². The Labute approximate surface area is 222 Å². The van der Waals surface area contributed by atoms with Gasteiger partial charge in [-0.25, -0.2) is 0 Å². The van der Waals surface area contributed by atoms with Crippen LogP contribution in [0.5, 0.6) is 17.2 Å². The third-order valence-electron chi connectivity index (χ3n) is 6.84. The highest BCUT2D eigenvalue weighted by Gasteiger charge is 2.48. The highest BCUT2D eigenvalue weighted by Crippen LogP contribution is 2.46. The quantitative estimate of drug-likeness (QED) is 0.241. The first-order valence-corrected chi connectivity index (χ1v) is 12.4. The van der Waals surface area contributed by atoms with Crippen molar-refractivity contribution in [1.29, 1.82) is 0 Å². The minimum atomic E-state index is -0.986. The Balaban J connectivity index is 1.96. The monoisotopic (exact) mass is 516 g/mol. The van der Waals surface area contributed by atoms with Gasteiger partial charge in [0, 0.05) is 24.8 Å². The molecule has 3 aromatic carbocycles. The number of benzene rings is 3. The first kappa shape index (κ1) is 26.6. The number of rotatable bonds is 8. The number of hydrogen-bond acceptors (Lipinski definition) is 7. The van der Waals surface area contributed by atoms with Crippen molar-refractivity contribution in [2.45, 2.75) is 26.8 Å². The highest BCUT2D eigenvalue weighted by atomic mass is 16.5. The summed E-state index contributed by atoms with van der Waals surface area (Å²) in [5.41, 5.74) is 2.72. The van der Waals surface area contributed by atoms with Crippen LogP contribution in [-0.2, 0) is 9.59 Å². The second-order valence-corrected chi connectivity index (χ2v) is 8.99. The number of phenolic OH excluding ortho intramolecular Hbond substituents is 1. The zero-order chi connectivity index (χ0) is 27.6. The second kappa shape index (κ2) is 10.9. The standard InChI is InChI=1S/C30H32N2O6/c1-6-31(7-2)20-11-9-19(10-12-20)27-26(28(34)22-14-13-21(37-4)17-25(22)38-5)29(35)30(36)32(27)23-16-18(3)8-15-24(23)33/h8-17,27,33-34H,6-7H2,1-5H3/b28-26-. The van der Waals surface area contributed by atoms with Gasteiger partial charge >= 0.3 is 0 Å². The SMILES string of the molecule is CCN(CC)c1ccc(C2/C(=C(/O)c3ccc(OC)cc3OC)C(=O)C(=O)N2c2cc(C)ccc2O)cc1. The Morgan fingerprint density at radius 2 is 1.63 bits per heavy atom. The molecule has 0 saturated carbocycles. The Hall–Kier alpha value is -4.46. The lowest BCUT2D eigenvalue weighted by molar-refractivity contribution is -0.132. The van der Waals surface area contributed by atoms with E-state index in [4.69, 9.17) is 9.47 Å². The molecule has 0 radical (unpaired) electrons. The Morgan fingerprint density at radius 3 is 2.24 bits per heavy atom. The first-order valence-electron chi connectivity index (χ1n) is 12.4. The van der Waals surface area contributed by atoms with E-state index in [0.29, 0.717) is 11.3 Å².